The van der Waals surface area contributed by atoms with Crippen LogP contribution in [-0.2, 0) is 14.3 Å². The van der Waals surface area contributed by atoms with Crippen molar-refractivity contribution in [3.63, 3.8) is 0 Å². The molecule has 2 aromatic rings. The number of ketones is 1. The number of benzene rings is 2. The number of ether oxygens (including phenoxy) is 3. The van der Waals surface area contributed by atoms with Gasteiger partial charge in [-0.05, 0) is 29.8 Å². The van der Waals surface area contributed by atoms with E-state index in [1.807, 2.05) is 0 Å². The molecule has 8 nitrogen and oxygen atoms in total. The second-order valence-electron chi connectivity index (χ2n) is 6.23. The second-order valence-corrected chi connectivity index (χ2v) is 6.23. The Morgan fingerprint density at radius 1 is 1.14 bits per heavy atom. The first-order chi connectivity index (χ1) is 13.6. The molecular formula is C20H16N2O6. The van der Waals surface area contributed by atoms with Crippen LogP contribution in [0.3, 0.4) is 0 Å². The molecule has 1 atom stereocenters. The Balaban J connectivity index is 1.65. The topological polar surface area (TPSA) is 103 Å². The fourth-order valence-corrected chi connectivity index (χ4v) is 3.16. The highest BCUT2D eigenvalue weighted by Gasteiger charge is 2.36. The highest BCUT2D eigenvalue weighted by molar-refractivity contribution is 6.24. The summed E-state index contributed by atoms with van der Waals surface area (Å²) in [7, 11) is 1.22. The molecule has 0 bridgehead atoms. The number of hydrogen-bond acceptors (Lipinski definition) is 6. The van der Waals surface area contributed by atoms with Gasteiger partial charge in [0.15, 0.2) is 17.3 Å². The highest BCUT2D eigenvalue weighted by Crippen LogP contribution is 2.35. The smallest absolute Gasteiger partial charge is 0.313 e. The van der Waals surface area contributed by atoms with Crippen LogP contribution in [0.15, 0.2) is 47.5 Å². The van der Waals surface area contributed by atoms with Crippen LogP contribution in [0.2, 0.25) is 0 Å². The number of amides is 1. The van der Waals surface area contributed by atoms with Crippen molar-refractivity contribution in [1.82, 2.24) is 0 Å². The summed E-state index contributed by atoms with van der Waals surface area (Å²) in [5.41, 5.74) is 1.63. The monoisotopic (exact) mass is 380 g/mol. The third kappa shape index (κ3) is 3.20. The largest absolute Gasteiger partial charge is 0.469 e. The Bertz CT molecular complexity index is 1010. The lowest BCUT2D eigenvalue weighted by Crippen LogP contribution is -2.25. The molecule has 0 aromatic heterocycles. The zero-order valence-corrected chi connectivity index (χ0v) is 14.9. The lowest BCUT2D eigenvalue weighted by molar-refractivity contribution is -0.143. The quantitative estimate of drug-likeness (QED) is 0.641. The van der Waals surface area contributed by atoms with Gasteiger partial charge in [-0.2, -0.15) is 4.99 Å². The van der Waals surface area contributed by atoms with E-state index in [1.165, 1.54) is 7.11 Å². The molecule has 1 unspecified atom stereocenters. The third-order valence-electron chi connectivity index (χ3n) is 4.52. The second kappa shape index (κ2) is 7.15. The van der Waals surface area contributed by atoms with Gasteiger partial charge in [-0.25, -0.2) is 0 Å². The van der Waals surface area contributed by atoms with Crippen molar-refractivity contribution >= 4 is 29.2 Å². The predicted octanol–water partition coefficient (Wildman–Crippen LogP) is 2.30. The van der Waals surface area contributed by atoms with Crippen LogP contribution in [0.25, 0.3) is 0 Å². The van der Waals surface area contributed by atoms with Gasteiger partial charge in [0, 0.05) is 11.3 Å². The molecule has 28 heavy (non-hydrogen) atoms. The number of carbonyl (C=O) groups excluding carboxylic acids is 3. The molecule has 2 aliphatic heterocycles. The summed E-state index contributed by atoms with van der Waals surface area (Å²) in [6.45, 7) is 0.0997. The first-order valence-electron chi connectivity index (χ1n) is 8.55. The normalized spacial score (nSPS) is 17.8. The maximum atomic E-state index is 12.7. The number of Topliss-reactive ketones (excluding diaryl/α,β-unsaturated/α-hetero) is 1. The molecular weight excluding hydrogens is 364 g/mol. The van der Waals surface area contributed by atoms with E-state index in [0.29, 0.717) is 28.3 Å². The molecule has 4 rings (SSSR count). The predicted molar refractivity (Wildman–Crippen MR) is 98.8 cm³/mol. The van der Waals surface area contributed by atoms with Crippen LogP contribution in [-0.4, -0.2) is 37.4 Å². The minimum atomic E-state index is -0.840. The van der Waals surface area contributed by atoms with Crippen molar-refractivity contribution in [3.05, 3.63) is 53.6 Å². The minimum absolute atomic E-state index is 0.0997. The Kier molecular flexibility index (Phi) is 4.52. The summed E-state index contributed by atoms with van der Waals surface area (Å²) < 4.78 is 15.1. The number of anilines is 1. The summed E-state index contributed by atoms with van der Waals surface area (Å²) in [5.74, 6) is -1.22. The van der Waals surface area contributed by atoms with Crippen LogP contribution in [0, 0.1) is 0 Å². The number of para-hydroxylation sites is 1. The fourth-order valence-electron chi connectivity index (χ4n) is 3.16. The fraction of sp³-hybridized carbons (Fsp3) is 0.200. The molecule has 0 saturated heterocycles. The lowest BCUT2D eigenvalue weighted by Gasteiger charge is -2.10. The van der Waals surface area contributed by atoms with Crippen molar-refractivity contribution in [2.45, 2.75) is 12.3 Å². The van der Waals surface area contributed by atoms with E-state index in [9.17, 15) is 14.4 Å². The molecule has 0 radical (unpaired) electrons. The maximum absolute atomic E-state index is 12.7. The van der Waals surface area contributed by atoms with Crippen molar-refractivity contribution < 1.29 is 28.6 Å². The van der Waals surface area contributed by atoms with Gasteiger partial charge in [0.05, 0.1) is 7.11 Å². The molecule has 142 valence electrons. The zero-order chi connectivity index (χ0) is 19.7. The highest BCUT2D eigenvalue weighted by atomic mass is 16.7. The third-order valence-corrected chi connectivity index (χ3v) is 4.52. The number of rotatable bonds is 4. The van der Waals surface area contributed by atoms with Crippen LogP contribution >= 0.6 is 0 Å². The summed E-state index contributed by atoms with van der Waals surface area (Å²) in [4.78, 5) is 41.0. The van der Waals surface area contributed by atoms with E-state index in [-0.39, 0.29) is 12.6 Å². The standard InChI is InChI=1S/C20H16N2O6/c1-26-17(24)9-14(23)18-12-4-2-3-5-13(12)21-19(18)22-20(25)11-6-7-15-16(8-11)28-10-27-15/h2-8,18H,9-10H2,1H3,(H,21,22,25). The summed E-state index contributed by atoms with van der Waals surface area (Å²) >= 11 is 0. The Labute approximate surface area is 160 Å². The maximum Gasteiger partial charge on any atom is 0.313 e. The summed E-state index contributed by atoms with van der Waals surface area (Å²) in [6, 6.07) is 11.9. The molecule has 1 N–H and O–H groups in total. The van der Waals surface area contributed by atoms with Crippen LogP contribution < -0.4 is 14.8 Å². The number of esters is 1. The summed E-state index contributed by atoms with van der Waals surface area (Å²) in [6.07, 6.45) is -0.408. The van der Waals surface area contributed by atoms with E-state index < -0.39 is 30.0 Å². The van der Waals surface area contributed by atoms with E-state index in [0.717, 1.165) is 0 Å². The number of amidine groups is 1. The molecule has 0 aliphatic carbocycles. The molecule has 8 heteroatoms. The number of methoxy groups -OCH3 is 1. The van der Waals surface area contributed by atoms with Crippen molar-refractivity contribution in [3.8, 4) is 11.5 Å². The number of aliphatic imine (C=N–C) groups is 1. The Hall–Kier alpha value is -3.68. The van der Waals surface area contributed by atoms with Crippen molar-refractivity contribution in [2.24, 2.45) is 4.99 Å². The van der Waals surface area contributed by atoms with E-state index >= 15 is 0 Å². The van der Waals surface area contributed by atoms with Crippen LogP contribution in [0.4, 0.5) is 5.69 Å². The number of hydrogen-bond donors (Lipinski definition) is 1. The average Bonchev–Trinajstić information content (AvgIpc) is 3.30. The first-order valence-corrected chi connectivity index (χ1v) is 8.55. The van der Waals surface area contributed by atoms with Crippen molar-refractivity contribution in [2.75, 3.05) is 19.2 Å². The van der Waals surface area contributed by atoms with Gasteiger partial charge >= 0.3 is 5.97 Å². The van der Waals surface area contributed by atoms with Crippen molar-refractivity contribution in [1.29, 1.82) is 0 Å². The van der Waals surface area contributed by atoms with Gasteiger partial charge in [-0.1, -0.05) is 18.2 Å². The Morgan fingerprint density at radius 3 is 2.75 bits per heavy atom. The molecule has 0 spiro atoms. The van der Waals surface area contributed by atoms with Gasteiger partial charge in [-0.15, -0.1) is 0 Å². The molecule has 2 heterocycles. The molecule has 2 aromatic carbocycles. The van der Waals surface area contributed by atoms with Gasteiger partial charge < -0.3 is 19.5 Å². The molecule has 2 aliphatic rings. The van der Waals surface area contributed by atoms with Gasteiger partial charge in [0.25, 0.3) is 5.91 Å². The van der Waals surface area contributed by atoms with Crippen LogP contribution in [0.1, 0.15) is 28.3 Å². The number of fused-ring (bicyclic) bond motifs is 2. The number of nitrogens with zero attached hydrogens (tertiary/aromatic N) is 1. The average molecular weight is 380 g/mol. The number of nitrogens with one attached hydrogen (secondary N) is 1. The molecule has 1 amide bonds. The summed E-state index contributed by atoms with van der Waals surface area (Å²) in [5, 5.41) is 3.01. The molecule has 0 fully saturated rings. The van der Waals surface area contributed by atoms with E-state index in [2.05, 4.69) is 15.0 Å². The van der Waals surface area contributed by atoms with Gasteiger partial charge in [0.2, 0.25) is 6.79 Å². The van der Waals surface area contributed by atoms with E-state index in [1.54, 1.807) is 42.5 Å². The zero-order valence-electron chi connectivity index (χ0n) is 14.9. The SMILES string of the molecule is COC(=O)CC(=O)C1C(=NC(=O)c2ccc3c(c2)OCO3)Nc2ccccc21. The minimum Gasteiger partial charge on any atom is -0.469 e. The number of carbonyl (C=O) groups is 3. The van der Waals surface area contributed by atoms with Crippen LogP contribution in [0.5, 0.6) is 11.5 Å². The lowest BCUT2D eigenvalue weighted by atomic mass is 9.94. The van der Waals surface area contributed by atoms with E-state index in [4.69, 9.17) is 9.47 Å². The Morgan fingerprint density at radius 2 is 1.93 bits per heavy atom. The van der Waals surface area contributed by atoms with Gasteiger partial charge in [0.1, 0.15) is 18.2 Å². The van der Waals surface area contributed by atoms with Gasteiger partial charge in [-0.3, -0.25) is 14.4 Å². The first kappa shape index (κ1) is 17.7. The molecule has 0 saturated carbocycles.